The highest BCUT2D eigenvalue weighted by molar-refractivity contribution is 7.98. The first-order valence-electron chi connectivity index (χ1n) is 10.8. The van der Waals surface area contributed by atoms with Gasteiger partial charge in [0, 0.05) is 31.0 Å². The van der Waals surface area contributed by atoms with E-state index < -0.39 is 6.04 Å². The van der Waals surface area contributed by atoms with E-state index in [4.69, 9.17) is 0 Å². The minimum absolute atomic E-state index is 0.0376. The largest absolute Gasteiger partial charge is 0.354 e. The molecule has 2 amide bonds. The first-order valence-corrected chi connectivity index (χ1v) is 11.9. The molecule has 2 aromatic rings. The van der Waals surface area contributed by atoms with Crippen molar-refractivity contribution in [2.45, 2.75) is 58.4 Å². The highest BCUT2D eigenvalue weighted by Gasteiger charge is 2.28. The summed E-state index contributed by atoms with van der Waals surface area (Å²) in [6.45, 7) is 7.13. The third-order valence-corrected chi connectivity index (χ3v) is 5.97. The lowest BCUT2D eigenvalue weighted by molar-refractivity contribution is -0.141. The van der Waals surface area contributed by atoms with Crippen molar-refractivity contribution in [1.29, 1.82) is 0 Å². The van der Waals surface area contributed by atoms with Crippen molar-refractivity contribution in [2.24, 2.45) is 0 Å². The van der Waals surface area contributed by atoms with Crippen molar-refractivity contribution in [3.63, 3.8) is 0 Å². The van der Waals surface area contributed by atoms with Gasteiger partial charge >= 0.3 is 0 Å². The number of carbonyl (C=O) groups excluding carboxylic acids is 2. The van der Waals surface area contributed by atoms with Crippen LogP contribution >= 0.6 is 11.8 Å². The van der Waals surface area contributed by atoms with Gasteiger partial charge in [-0.15, -0.1) is 0 Å². The van der Waals surface area contributed by atoms with Crippen LogP contribution in [0.5, 0.6) is 0 Å². The lowest BCUT2D eigenvalue weighted by Gasteiger charge is -2.31. The number of aryl methyl sites for hydroxylation is 1. The molecule has 0 bridgehead atoms. The first-order chi connectivity index (χ1) is 14.5. The molecule has 0 fully saturated rings. The molecule has 0 aromatic heterocycles. The summed E-state index contributed by atoms with van der Waals surface area (Å²) in [5.41, 5.74) is 3.47. The minimum atomic E-state index is -0.441. The third kappa shape index (κ3) is 7.86. The van der Waals surface area contributed by atoms with Gasteiger partial charge < -0.3 is 10.2 Å². The molecular formula is C25H34N2O2S. The van der Waals surface area contributed by atoms with Crippen molar-refractivity contribution in [3.05, 3.63) is 71.3 Å². The van der Waals surface area contributed by atoms with Crippen LogP contribution in [0.2, 0.25) is 0 Å². The summed E-state index contributed by atoms with van der Waals surface area (Å²) >= 11 is 1.75. The predicted octanol–water partition coefficient (Wildman–Crippen LogP) is 4.95. The Bertz CT molecular complexity index is 795. The fraction of sp³-hybridized carbons (Fsp3) is 0.440. The molecule has 0 saturated heterocycles. The zero-order chi connectivity index (χ0) is 21.8. The Morgan fingerprint density at radius 1 is 1.03 bits per heavy atom. The van der Waals surface area contributed by atoms with Crippen LogP contribution in [-0.2, 0) is 21.9 Å². The van der Waals surface area contributed by atoms with Crippen molar-refractivity contribution in [1.82, 2.24) is 10.2 Å². The molecule has 2 rings (SSSR count). The zero-order valence-corrected chi connectivity index (χ0v) is 19.2. The Balaban J connectivity index is 2.04. The average molecular weight is 427 g/mol. The SMILES string of the molecule is CCCNC(=O)[C@H](CC)N(Cc1cccc(C)c1)C(=O)CCSCc1ccccc1. The van der Waals surface area contributed by atoms with E-state index in [-0.39, 0.29) is 11.8 Å². The number of amides is 2. The Labute approximate surface area is 185 Å². The van der Waals surface area contributed by atoms with E-state index in [1.165, 1.54) is 5.56 Å². The van der Waals surface area contributed by atoms with E-state index in [1.54, 1.807) is 16.7 Å². The molecule has 162 valence electrons. The molecule has 0 aliphatic carbocycles. The van der Waals surface area contributed by atoms with Crippen LogP contribution in [0.15, 0.2) is 54.6 Å². The molecule has 2 aromatic carbocycles. The molecule has 0 heterocycles. The van der Waals surface area contributed by atoms with Gasteiger partial charge in [-0.1, -0.05) is 74.0 Å². The van der Waals surface area contributed by atoms with Crippen LogP contribution in [0.3, 0.4) is 0 Å². The second-order valence-electron chi connectivity index (χ2n) is 7.51. The third-order valence-electron chi connectivity index (χ3n) is 4.94. The number of hydrogen-bond acceptors (Lipinski definition) is 3. The quantitative estimate of drug-likeness (QED) is 0.489. The van der Waals surface area contributed by atoms with Gasteiger partial charge in [0.2, 0.25) is 11.8 Å². The second kappa shape index (κ2) is 13.1. The molecule has 1 atom stereocenters. The number of nitrogens with one attached hydrogen (secondary N) is 1. The Morgan fingerprint density at radius 3 is 2.43 bits per heavy atom. The van der Waals surface area contributed by atoms with Crippen LogP contribution in [0.1, 0.15) is 49.8 Å². The summed E-state index contributed by atoms with van der Waals surface area (Å²) < 4.78 is 0. The number of nitrogens with zero attached hydrogens (tertiary/aromatic N) is 1. The summed E-state index contributed by atoms with van der Waals surface area (Å²) in [5.74, 6) is 1.61. The molecule has 4 nitrogen and oxygen atoms in total. The van der Waals surface area contributed by atoms with E-state index in [0.29, 0.717) is 25.9 Å². The van der Waals surface area contributed by atoms with Crippen molar-refractivity contribution in [3.8, 4) is 0 Å². The van der Waals surface area contributed by atoms with Crippen molar-refractivity contribution < 1.29 is 9.59 Å². The summed E-state index contributed by atoms with van der Waals surface area (Å²) in [5, 5.41) is 2.97. The van der Waals surface area contributed by atoms with Crippen LogP contribution in [0.4, 0.5) is 0 Å². The van der Waals surface area contributed by atoms with Crippen LogP contribution in [0.25, 0.3) is 0 Å². The summed E-state index contributed by atoms with van der Waals surface area (Å²) in [6, 6.07) is 18.0. The number of thioether (sulfide) groups is 1. The lowest BCUT2D eigenvalue weighted by Crippen LogP contribution is -2.49. The van der Waals surface area contributed by atoms with Crippen LogP contribution in [-0.4, -0.2) is 35.1 Å². The van der Waals surface area contributed by atoms with Gasteiger partial charge in [0.15, 0.2) is 0 Å². The number of rotatable bonds is 12. The lowest BCUT2D eigenvalue weighted by atomic mass is 10.1. The van der Waals surface area contributed by atoms with Crippen LogP contribution < -0.4 is 5.32 Å². The van der Waals surface area contributed by atoms with Gasteiger partial charge in [-0.25, -0.2) is 0 Å². The van der Waals surface area contributed by atoms with Crippen LogP contribution in [0, 0.1) is 6.92 Å². The standard InChI is InChI=1S/C25H34N2O2S/c1-4-15-26-25(29)23(5-2)27(18-22-13-9-10-20(3)17-22)24(28)14-16-30-19-21-11-7-6-8-12-21/h6-13,17,23H,4-5,14-16,18-19H2,1-3H3,(H,26,29)/t23-/m0/s1. The highest BCUT2D eigenvalue weighted by atomic mass is 32.2. The molecule has 0 saturated carbocycles. The molecule has 0 unspecified atom stereocenters. The fourth-order valence-corrected chi connectivity index (χ4v) is 4.25. The maximum absolute atomic E-state index is 13.2. The van der Waals surface area contributed by atoms with Crippen molar-refractivity contribution >= 4 is 23.6 Å². The van der Waals surface area contributed by atoms with Gasteiger partial charge in [-0.05, 0) is 30.9 Å². The fourth-order valence-electron chi connectivity index (χ4n) is 3.36. The summed E-state index contributed by atoms with van der Waals surface area (Å²) in [7, 11) is 0. The number of benzene rings is 2. The molecule has 0 spiro atoms. The summed E-state index contributed by atoms with van der Waals surface area (Å²) in [6.07, 6.45) is 1.91. The molecular weight excluding hydrogens is 392 g/mol. The monoisotopic (exact) mass is 426 g/mol. The van der Waals surface area contributed by atoms with Gasteiger partial charge in [-0.2, -0.15) is 11.8 Å². The Hall–Kier alpha value is -2.27. The topological polar surface area (TPSA) is 49.4 Å². The van der Waals surface area contributed by atoms with Gasteiger partial charge in [-0.3, -0.25) is 9.59 Å². The maximum Gasteiger partial charge on any atom is 0.242 e. The van der Waals surface area contributed by atoms with E-state index in [9.17, 15) is 9.59 Å². The van der Waals surface area contributed by atoms with E-state index >= 15 is 0 Å². The Morgan fingerprint density at radius 2 is 1.77 bits per heavy atom. The minimum Gasteiger partial charge on any atom is -0.354 e. The van der Waals surface area contributed by atoms with Gasteiger partial charge in [0.05, 0.1) is 0 Å². The molecule has 1 N–H and O–H groups in total. The van der Waals surface area contributed by atoms with Crippen molar-refractivity contribution in [2.75, 3.05) is 12.3 Å². The maximum atomic E-state index is 13.2. The van der Waals surface area contributed by atoms with Gasteiger partial charge in [0.25, 0.3) is 0 Å². The predicted molar refractivity (Wildman–Crippen MR) is 126 cm³/mol. The normalized spacial score (nSPS) is 11.7. The first kappa shape index (κ1) is 24.0. The zero-order valence-electron chi connectivity index (χ0n) is 18.4. The number of carbonyl (C=O) groups is 2. The average Bonchev–Trinajstić information content (AvgIpc) is 2.75. The Kier molecular flexibility index (Phi) is 10.5. The molecule has 0 radical (unpaired) electrons. The molecule has 5 heteroatoms. The van der Waals surface area contributed by atoms with E-state index in [2.05, 4.69) is 23.5 Å². The van der Waals surface area contributed by atoms with E-state index in [0.717, 1.165) is 29.1 Å². The molecule has 0 aliphatic heterocycles. The second-order valence-corrected chi connectivity index (χ2v) is 8.62. The smallest absolute Gasteiger partial charge is 0.242 e. The molecule has 0 aliphatic rings. The van der Waals surface area contributed by atoms with E-state index in [1.807, 2.05) is 57.2 Å². The van der Waals surface area contributed by atoms with Gasteiger partial charge in [0.1, 0.15) is 6.04 Å². The summed E-state index contributed by atoms with van der Waals surface area (Å²) in [4.78, 5) is 27.7. The molecule has 30 heavy (non-hydrogen) atoms. The highest BCUT2D eigenvalue weighted by Crippen LogP contribution is 2.17. The number of hydrogen-bond donors (Lipinski definition) is 1.